The summed E-state index contributed by atoms with van der Waals surface area (Å²) >= 11 is 0. The van der Waals surface area contributed by atoms with Gasteiger partial charge in [0.1, 0.15) is 11.5 Å². The highest BCUT2D eigenvalue weighted by molar-refractivity contribution is 6.03. The Balaban J connectivity index is 0.796. The van der Waals surface area contributed by atoms with Gasteiger partial charge in [-0.2, -0.15) is 0 Å². The molecule has 6 heteroatoms. The minimum absolute atomic E-state index is 0.00792. The van der Waals surface area contributed by atoms with E-state index in [2.05, 4.69) is 158 Å². The first-order valence-electron chi connectivity index (χ1n) is 24.0. The summed E-state index contributed by atoms with van der Waals surface area (Å²) in [5, 5.41) is 35.4. The number of benzene rings is 7. The molecule has 8 bridgehead atoms. The van der Waals surface area contributed by atoms with Gasteiger partial charge < -0.3 is 29.2 Å². The Kier molecular flexibility index (Phi) is 7.70. The predicted octanol–water partition coefficient (Wildman–Crippen LogP) is 11.7. The van der Waals surface area contributed by atoms with Crippen molar-refractivity contribution in [2.75, 3.05) is 14.2 Å². The Hall–Kier alpha value is -6.02. The van der Waals surface area contributed by atoms with Crippen LogP contribution in [0.5, 0.6) is 11.5 Å². The van der Waals surface area contributed by atoms with E-state index in [0.29, 0.717) is 13.2 Å². The highest BCUT2D eigenvalue weighted by Gasteiger charge is 2.71. The molecule has 0 aliphatic heterocycles. The van der Waals surface area contributed by atoms with Crippen molar-refractivity contribution in [3.8, 4) is 11.5 Å². The molecule has 7 aromatic rings. The molecule has 0 spiro atoms. The normalized spacial score (nSPS) is 35.1. The third-order valence-corrected chi connectivity index (χ3v) is 18.2. The van der Waals surface area contributed by atoms with Crippen LogP contribution in [-0.4, -0.2) is 36.0 Å². The first kappa shape index (κ1) is 38.1. The molecule has 17 rings (SSSR count). The predicted molar refractivity (Wildman–Crippen MR) is 257 cm³/mol. The summed E-state index contributed by atoms with van der Waals surface area (Å²) in [5.74, 6) is -1.00. The van der Waals surface area contributed by atoms with Gasteiger partial charge in [0.25, 0.3) is 0 Å². The summed E-state index contributed by atoms with van der Waals surface area (Å²) in [6.45, 7) is 0.623. The Morgan fingerprint density at radius 1 is 0.394 bits per heavy atom. The molecule has 0 heterocycles. The van der Waals surface area contributed by atoms with Gasteiger partial charge in [-0.3, -0.25) is 0 Å². The zero-order valence-corrected chi connectivity index (χ0v) is 36.9. The molecule has 2 N–H and O–H groups in total. The summed E-state index contributed by atoms with van der Waals surface area (Å²) in [6, 6.07) is 38.5. The summed E-state index contributed by atoms with van der Waals surface area (Å²) < 4.78 is 27.4. The minimum atomic E-state index is -1.36. The fourth-order valence-electron chi connectivity index (χ4n) is 15.9. The number of allylic oxidation sites excluding steroid dienone is 4. The van der Waals surface area contributed by atoms with Crippen LogP contribution in [0.1, 0.15) is 57.1 Å². The van der Waals surface area contributed by atoms with Gasteiger partial charge in [0.05, 0.1) is 27.4 Å². The van der Waals surface area contributed by atoms with Gasteiger partial charge in [0.15, 0.2) is 11.6 Å². The Morgan fingerprint density at radius 3 is 0.939 bits per heavy atom. The van der Waals surface area contributed by atoms with Gasteiger partial charge in [-0.05, 0) is 90.0 Å². The Labute approximate surface area is 383 Å². The SMILES string of the molecule is COc1c2c(c(OC)c3c1[C@@H]1C=C[C@H]3[C@@H]3[C@H]1[C@@H]1C=C[C@H]3C1(O)OCc1c3ccccc3cc3ccccc13)[C@@H]1C=C[C@H]2[C@@H]2[C@H]1[C@@H]1C=C[C@H]2C1(O)OCc1c2ccccc2cc2ccccc12. The van der Waals surface area contributed by atoms with Gasteiger partial charge >= 0.3 is 0 Å². The highest BCUT2D eigenvalue weighted by Crippen LogP contribution is 2.75. The van der Waals surface area contributed by atoms with Crippen LogP contribution in [0.3, 0.4) is 0 Å². The molecule has 0 amide bonds. The van der Waals surface area contributed by atoms with Crippen LogP contribution in [0.25, 0.3) is 43.1 Å². The van der Waals surface area contributed by atoms with E-state index in [4.69, 9.17) is 18.9 Å². The fourth-order valence-corrected chi connectivity index (χ4v) is 15.9. The number of methoxy groups -OCH3 is 2. The van der Waals surface area contributed by atoms with E-state index in [-0.39, 0.29) is 71.0 Å². The average molecular weight is 867 g/mol. The van der Waals surface area contributed by atoms with E-state index in [1.165, 1.54) is 43.8 Å². The number of hydrogen-bond acceptors (Lipinski definition) is 6. The standard InChI is InChI=1S/C60H50O6/c1-63-57-53-39-19-21-41(51-47-25-23-45(49(39)51)59(47,61)65-29-43-35-15-7-3-11-31(35)27-32-12-4-8-16-36(32)43)55(53)58(64-2)56-42-22-20-40(54(56)57)50-46-24-26-48(52(42)50)60(46,62)66-30-44-37-17-9-5-13-33(37)28-34-14-6-10-18-38(34)44/h3-28,39-42,45-52,61-62H,29-30H2,1-2H3/t39-,40+,41+,42-,45+,46-,47-,48+,49-,50+,51+,52-,59?,60?. The number of ether oxygens (including phenoxy) is 4. The van der Waals surface area contributed by atoms with E-state index in [9.17, 15) is 10.2 Å². The lowest BCUT2D eigenvalue weighted by Crippen LogP contribution is -2.41. The zero-order valence-electron chi connectivity index (χ0n) is 36.9. The lowest BCUT2D eigenvalue weighted by molar-refractivity contribution is -0.238. The minimum Gasteiger partial charge on any atom is -0.496 e. The van der Waals surface area contributed by atoms with Crippen molar-refractivity contribution in [3.63, 3.8) is 0 Å². The summed E-state index contributed by atoms with van der Waals surface area (Å²) in [4.78, 5) is 0. The molecule has 2 unspecified atom stereocenters. The molecule has 2 saturated carbocycles. The largest absolute Gasteiger partial charge is 0.496 e. The number of rotatable bonds is 8. The third-order valence-electron chi connectivity index (χ3n) is 18.2. The molecule has 2 fully saturated rings. The third kappa shape index (κ3) is 4.61. The molecular formula is C60H50O6. The number of aliphatic hydroxyl groups is 2. The Bertz CT molecular complexity index is 2980. The van der Waals surface area contributed by atoms with Crippen molar-refractivity contribution >= 4 is 43.1 Å². The molecule has 10 aliphatic carbocycles. The molecule has 0 radical (unpaired) electrons. The quantitative estimate of drug-likeness (QED) is 0.0900. The van der Waals surface area contributed by atoms with Crippen molar-refractivity contribution in [1.29, 1.82) is 0 Å². The Morgan fingerprint density at radius 2 is 0.667 bits per heavy atom. The number of hydrogen-bond donors (Lipinski definition) is 2. The second kappa shape index (κ2) is 13.3. The van der Waals surface area contributed by atoms with E-state index < -0.39 is 11.6 Å². The molecule has 0 saturated heterocycles. The van der Waals surface area contributed by atoms with E-state index in [0.717, 1.165) is 44.2 Å². The molecular weight excluding hydrogens is 817 g/mol. The van der Waals surface area contributed by atoms with E-state index in [1.54, 1.807) is 0 Å². The summed E-state index contributed by atoms with van der Waals surface area (Å²) in [6.07, 6.45) is 18.5. The topological polar surface area (TPSA) is 77.4 Å². The van der Waals surface area contributed by atoms with E-state index >= 15 is 0 Å². The van der Waals surface area contributed by atoms with Crippen molar-refractivity contribution < 1.29 is 29.2 Å². The molecule has 326 valence electrons. The van der Waals surface area contributed by atoms with Crippen LogP contribution >= 0.6 is 0 Å². The maximum atomic E-state index is 13.0. The molecule has 14 atom stereocenters. The summed E-state index contributed by atoms with van der Waals surface area (Å²) in [7, 11) is 3.66. The summed E-state index contributed by atoms with van der Waals surface area (Å²) in [5.41, 5.74) is 7.05. The van der Waals surface area contributed by atoms with Crippen molar-refractivity contribution in [2.24, 2.45) is 47.3 Å². The lowest BCUT2D eigenvalue weighted by atomic mass is 9.52. The fraction of sp³-hybridized carbons (Fsp3) is 0.300. The molecule has 10 aliphatic rings. The lowest BCUT2D eigenvalue weighted by Gasteiger charge is -2.52. The first-order valence-corrected chi connectivity index (χ1v) is 24.0. The van der Waals surface area contributed by atoms with Gasteiger partial charge in [-0.1, -0.05) is 146 Å². The monoisotopic (exact) mass is 866 g/mol. The maximum absolute atomic E-state index is 13.0. The zero-order chi connectivity index (χ0) is 43.8. The van der Waals surface area contributed by atoms with Crippen LogP contribution in [-0.2, 0) is 22.7 Å². The molecule has 0 aromatic heterocycles. The first-order chi connectivity index (χ1) is 32.4. The van der Waals surface area contributed by atoms with Crippen LogP contribution in [0.4, 0.5) is 0 Å². The highest BCUT2D eigenvalue weighted by atomic mass is 16.6. The van der Waals surface area contributed by atoms with Gasteiger partial charge in [-0.15, -0.1) is 0 Å². The molecule has 7 aromatic carbocycles. The average Bonchev–Trinajstić information content (AvgIpc) is 4.04. The van der Waals surface area contributed by atoms with Crippen molar-refractivity contribution in [2.45, 2.75) is 48.5 Å². The van der Waals surface area contributed by atoms with Crippen LogP contribution in [0, 0.1) is 47.3 Å². The van der Waals surface area contributed by atoms with Crippen LogP contribution in [0.15, 0.2) is 158 Å². The van der Waals surface area contributed by atoms with Crippen molar-refractivity contribution in [1.82, 2.24) is 0 Å². The smallest absolute Gasteiger partial charge is 0.179 e. The molecule has 66 heavy (non-hydrogen) atoms. The second-order valence-corrected chi connectivity index (χ2v) is 20.5. The number of fused-ring (bicyclic) bond motifs is 8. The maximum Gasteiger partial charge on any atom is 0.179 e. The van der Waals surface area contributed by atoms with Gasteiger partial charge in [0, 0.05) is 69.6 Å². The van der Waals surface area contributed by atoms with E-state index in [1.807, 2.05) is 14.2 Å². The van der Waals surface area contributed by atoms with Crippen LogP contribution in [0.2, 0.25) is 0 Å². The van der Waals surface area contributed by atoms with Crippen molar-refractivity contribution in [3.05, 3.63) is 191 Å². The molecule has 6 nitrogen and oxygen atoms in total. The van der Waals surface area contributed by atoms with Gasteiger partial charge in [-0.25, -0.2) is 0 Å². The van der Waals surface area contributed by atoms with Gasteiger partial charge in [0.2, 0.25) is 0 Å². The second-order valence-electron chi connectivity index (χ2n) is 20.5. The van der Waals surface area contributed by atoms with Crippen LogP contribution < -0.4 is 9.47 Å².